The number of carbonyl (C=O) groups is 2. The summed E-state index contributed by atoms with van der Waals surface area (Å²) < 4.78 is 28.9. The Hall–Kier alpha value is -3.82. The fourth-order valence-corrected chi connectivity index (χ4v) is 4.92. The average Bonchev–Trinajstić information content (AvgIpc) is 3.44. The minimum absolute atomic E-state index is 0.00353. The Balaban J connectivity index is 1.15. The lowest BCUT2D eigenvalue weighted by Gasteiger charge is -2.21. The third kappa shape index (κ3) is 5.16. The van der Waals surface area contributed by atoms with Gasteiger partial charge in [0.05, 0.1) is 5.52 Å². The topological polar surface area (TPSA) is 91.4 Å². The van der Waals surface area contributed by atoms with Crippen LogP contribution in [0.25, 0.3) is 17.1 Å². The molecule has 5 rings (SSSR count). The molecule has 2 aliphatic rings. The summed E-state index contributed by atoms with van der Waals surface area (Å²) in [5, 5.41) is 10.5. The first-order valence-electron chi connectivity index (χ1n) is 11.6. The third-order valence-corrected chi connectivity index (χ3v) is 6.81. The van der Waals surface area contributed by atoms with Crippen LogP contribution in [0.2, 0.25) is 0 Å². The molecule has 2 fully saturated rings. The van der Waals surface area contributed by atoms with E-state index in [0.717, 1.165) is 23.9 Å². The standard InChI is InChI=1S/C25H25F2N5O3/c26-25(27)35-20-5-1-16(2-6-20)3-8-23(33)31-11-9-18-14-32(15-19(18)10-12-31)24(34)17-4-7-21-22(13-17)29-30-28-21/h1-8,13,18-19,25H,9-12,14-15H2,(H,28,29,30)/b8-3+/t18-,19+. The van der Waals surface area contributed by atoms with E-state index in [2.05, 4.69) is 20.1 Å². The summed E-state index contributed by atoms with van der Waals surface area (Å²) in [7, 11) is 0. The molecule has 1 aromatic heterocycles. The van der Waals surface area contributed by atoms with Crippen LogP contribution in [0.15, 0.2) is 48.5 Å². The van der Waals surface area contributed by atoms with E-state index in [0.29, 0.717) is 49.1 Å². The Kier molecular flexibility index (Phi) is 6.43. The van der Waals surface area contributed by atoms with Gasteiger partial charge in [-0.05, 0) is 66.6 Å². The number of carbonyl (C=O) groups excluding carboxylic acids is 2. The summed E-state index contributed by atoms with van der Waals surface area (Å²) in [5.74, 6) is 0.724. The number of hydrogen-bond donors (Lipinski definition) is 1. The Labute approximate surface area is 200 Å². The predicted molar refractivity (Wildman–Crippen MR) is 125 cm³/mol. The molecule has 0 unspecified atom stereocenters. The second kappa shape index (κ2) is 9.81. The lowest BCUT2D eigenvalue weighted by Crippen LogP contribution is -2.33. The first-order chi connectivity index (χ1) is 17.0. The number of aromatic amines is 1. The van der Waals surface area contributed by atoms with Gasteiger partial charge in [0.1, 0.15) is 11.3 Å². The SMILES string of the molecule is O=C(/C=C/c1ccc(OC(F)F)cc1)N1CC[C@@H]2CN(C(=O)c3ccc4[nH]nnc4c3)C[C@@H]2CC1. The molecular formula is C25H25F2N5O3. The summed E-state index contributed by atoms with van der Waals surface area (Å²) in [6.45, 7) is -0.220. The highest BCUT2D eigenvalue weighted by Crippen LogP contribution is 2.33. The van der Waals surface area contributed by atoms with Gasteiger partial charge < -0.3 is 14.5 Å². The van der Waals surface area contributed by atoms with Crippen LogP contribution in [-0.2, 0) is 4.79 Å². The van der Waals surface area contributed by atoms with E-state index in [-0.39, 0.29) is 17.6 Å². The first-order valence-corrected chi connectivity index (χ1v) is 11.6. The molecule has 35 heavy (non-hydrogen) atoms. The number of rotatable bonds is 5. The van der Waals surface area contributed by atoms with Gasteiger partial charge in [-0.2, -0.15) is 8.78 Å². The number of fused-ring (bicyclic) bond motifs is 2. The number of nitrogens with one attached hydrogen (secondary N) is 1. The molecule has 2 amide bonds. The molecule has 10 heteroatoms. The highest BCUT2D eigenvalue weighted by atomic mass is 19.3. The second-order valence-electron chi connectivity index (χ2n) is 8.96. The largest absolute Gasteiger partial charge is 0.435 e. The molecule has 0 spiro atoms. The van der Waals surface area contributed by atoms with Gasteiger partial charge in [0.15, 0.2) is 0 Å². The third-order valence-electron chi connectivity index (χ3n) is 6.81. The number of benzene rings is 2. The van der Waals surface area contributed by atoms with Gasteiger partial charge in [0.2, 0.25) is 5.91 Å². The van der Waals surface area contributed by atoms with Gasteiger partial charge in [-0.3, -0.25) is 14.7 Å². The number of nitrogens with zero attached hydrogens (tertiary/aromatic N) is 4. The zero-order valence-corrected chi connectivity index (χ0v) is 18.9. The number of hydrogen-bond acceptors (Lipinski definition) is 5. The van der Waals surface area contributed by atoms with Crippen LogP contribution >= 0.6 is 0 Å². The normalized spacial score (nSPS) is 20.4. The Morgan fingerprint density at radius 3 is 2.43 bits per heavy atom. The quantitative estimate of drug-likeness (QED) is 0.563. The molecule has 182 valence electrons. The van der Waals surface area contributed by atoms with Crippen molar-refractivity contribution in [1.82, 2.24) is 25.2 Å². The molecule has 8 nitrogen and oxygen atoms in total. The summed E-state index contributed by atoms with van der Waals surface area (Å²) in [6, 6.07) is 11.5. The van der Waals surface area contributed by atoms with E-state index in [1.165, 1.54) is 18.2 Å². The van der Waals surface area contributed by atoms with Crippen LogP contribution in [0.5, 0.6) is 5.75 Å². The van der Waals surface area contributed by atoms with Crippen LogP contribution in [0, 0.1) is 11.8 Å². The predicted octanol–water partition coefficient (Wildman–Crippen LogP) is 3.58. The highest BCUT2D eigenvalue weighted by Gasteiger charge is 2.37. The molecule has 2 aliphatic heterocycles. The van der Waals surface area contributed by atoms with Crippen LogP contribution < -0.4 is 4.74 Å². The van der Waals surface area contributed by atoms with Crippen LogP contribution in [0.4, 0.5) is 8.78 Å². The second-order valence-corrected chi connectivity index (χ2v) is 8.96. The van der Waals surface area contributed by atoms with Crippen molar-refractivity contribution in [3.05, 3.63) is 59.7 Å². The van der Waals surface area contributed by atoms with Gasteiger partial charge in [0, 0.05) is 37.8 Å². The molecule has 3 aromatic rings. The molecule has 3 heterocycles. The number of alkyl halides is 2. The maximum Gasteiger partial charge on any atom is 0.387 e. The van der Waals surface area contributed by atoms with Crippen molar-refractivity contribution in [2.45, 2.75) is 19.5 Å². The van der Waals surface area contributed by atoms with E-state index in [9.17, 15) is 18.4 Å². The minimum atomic E-state index is -2.87. The molecule has 0 aliphatic carbocycles. The van der Waals surface area contributed by atoms with Crippen molar-refractivity contribution >= 4 is 28.9 Å². The Morgan fingerprint density at radius 1 is 1.03 bits per heavy atom. The number of halogens is 2. The highest BCUT2D eigenvalue weighted by molar-refractivity contribution is 5.97. The van der Waals surface area contributed by atoms with Crippen molar-refractivity contribution in [1.29, 1.82) is 0 Å². The lowest BCUT2D eigenvalue weighted by atomic mass is 9.92. The number of likely N-dealkylation sites (tertiary alicyclic amines) is 2. The van der Waals surface area contributed by atoms with Gasteiger partial charge in [-0.15, -0.1) is 5.10 Å². The van der Waals surface area contributed by atoms with E-state index < -0.39 is 6.61 Å². The summed E-state index contributed by atoms with van der Waals surface area (Å²) >= 11 is 0. The van der Waals surface area contributed by atoms with Crippen molar-refractivity contribution in [2.75, 3.05) is 26.2 Å². The van der Waals surface area contributed by atoms with E-state index in [1.807, 2.05) is 15.9 Å². The van der Waals surface area contributed by atoms with Crippen LogP contribution in [0.3, 0.4) is 0 Å². The maximum atomic E-state index is 13.1. The van der Waals surface area contributed by atoms with Crippen LogP contribution in [0.1, 0.15) is 28.8 Å². The van der Waals surface area contributed by atoms with Crippen molar-refractivity contribution in [2.24, 2.45) is 11.8 Å². The number of ether oxygens (including phenoxy) is 1. The molecule has 0 bridgehead atoms. The number of amides is 2. The molecule has 2 saturated heterocycles. The Bertz CT molecular complexity index is 1230. The van der Waals surface area contributed by atoms with Gasteiger partial charge in [-0.1, -0.05) is 17.3 Å². The zero-order valence-electron chi connectivity index (χ0n) is 18.9. The molecule has 1 N–H and O–H groups in total. The van der Waals surface area contributed by atoms with E-state index in [4.69, 9.17) is 0 Å². The Morgan fingerprint density at radius 2 is 1.74 bits per heavy atom. The zero-order chi connectivity index (χ0) is 24.4. The molecule has 0 saturated carbocycles. The fraction of sp³-hybridized carbons (Fsp3) is 0.360. The monoisotopic (exact) mass is 481 g/mol. The summed E-state index contributed by atoms with van der Waals surface area (Å²) in [5.41, 5.74) is 2.80. The van der Waals surface area contributed by atoms with E-state index >= 15 is 0 Å². The minimum Gasteiger partial charge on any atom is -0.435 e. The molecule has 2 atom stereocenters. The van der Waals surface area contributed by atoms with Crippen LogP contribution in [-0.4, -0.2) is 69.8 Å². The smallest absolute Gasteiger partial charge is 0.387 e. The molecular weight excluding hydrogens is 456 g/mol. The summed E-state index contributed by atoms with van der Waals surface area (Å²) in [6.07, 6.45) is 4.87. The fourth-order valence-electron chi connectivity index (χ4n) is 4.92. The average molecular weight is 482 g/mol. The molecule has 2 aromatic carbocycles. The van der Waals surface area contributed by atoms with Crippen molar-refractivity contribution in [3.8, 4) is 5.75 Å². The van der Waals surface area contributed by atoms with Crippen molar-refractivity contribution < 1.29 is 23.1 Å². The number of H-pyrrole nitrogens is 1. The first kappa shape index (κ1) is 22.9. The van der Waals surface area contributed by atoms with Gasteiger partial charge in [0.25, 0.3) is 5.91 Å². The number of aromatic nitrogens is 3. The lowest BCUT2D eigenvalue weighted by molar-refractivity contribution is -0.126. The van der Waals surface area contributed by atoms with Gasteiger partial charge in [-0.25, -0.2) is 0 Å². The van der Waals surface area contributed by atoms with Gasteiger partial charge >= 0.3 is 6.61 Å². The van der Waals surface area contributed by atoms with Crippen molar-refractivity contribution in [3.63, 3.8) is 0 Å². The maximum absolute atomic E-state index is 13.1. The summed E-state index contributed by atoms with van der Waals surface area (Å²) in [4.78, 5) is 29.5. The molecule has 0 radical (unpaired) electrons. The van der Waals surface area contributed by atoms with E-state index in [1.54, 1.807) is 30.3 Å².